The summed E-state index contributed by atoms with van der Waals surface area (Å²) in [6.07, 6.45) is 0.565. The fourth-order valence-electron chi connectivity index (χ4n) is 2.32. The Bertz CT molecular complexity index is 398. The number of benzene rings is 1. The van der Waals surface area contributed by atoms with Gasteiger partial charge in [-0.3, -0.25) is 11.3 Å². The van der Waals surface area contributed by atoms with Crippen molar-refractivity contribution in [2.75, 3.05) is 7.11 Å². The molecular weight excluding hydrogens is 283 g/mol. The first-order chi connectivity index (χ1) is 8.81. The highest BCUT2D eigenvalue weighted by Crippen LogP contribution is 2.30. The van der Waals surface area contributed by atoms with Gasteiger partial charge in [0.1, 0.15) is 0 Å². The van der Waals surface area contributed by atoms with Crippen molar-refractivity contribution in [2.45, 2.75) is 39.3 Å². The number of nitrogens with one attached hydrogen (secondary N) is 1. The van der Waals surface area contributed by atoms with Gasteiger partial charge < -0.3 is 4.74 Å². The molecule has 1 rings (SSSR count). The zero-order chi connectivity index (χ0) is 14.6. The Morgan fingerprint density at radius 3 is 2.16 bits per heavy atom. The molecule has 0 saturated heterocycles. The lowest BCUT2D eigenvalue weighted by Gasteiger charge is -2.36. The van der Waals surface area contributed by atoms with Gasteiger partial charge in [-0.1, -0.05) is 50.0 Å². The van der Waals surface area contributed by atoms with Crippen LogP contribution in [0.5, 0.6) is 0 Å². The summed E-state index contributed by atoms with van der Waals surface area (Å²) in [5.41, 5.74) is 3.67. The van der Waals surface area contributed by atoms with Gasteiger partial charge in [0.05, 0.1) is 12.1 Å². The summed E-state index contributed by atoms with van der Waals surface area (Å²) < 4.78 is 5.59. The molecule has 0 aromatic heterocycles. The molecule has 0 fully saturated rings. The molecule has 0 saturated carbocycles. The Hall–Kier alpha value is -0.320. The predicted octanol–water partition coefficient (Wildman–Crippen LogP) is 3.43. The molecule has 3 N–H and O–H groups in total. The van der Waals surface area contributed by atoms with Crippen molar-refractivity contribution >= 4 is 23.2 Å². The van der Waals surface area contributed by atoms with Crippen LogP contribution >= 0.6 is 23.2 Å². The molecule has 1 aromatic rings. The second kappa shape index (κ2) is 6.91. The van der Waals surface area contributed by atoms with Crippen LogP contribution in [0.2, 0.25) is 10.0 Å². The number of ether oxygens (including phenoxy) is 1. The summed E-state index contributed by atoms with van der Waals surface area (Å²) in [4.78, 5) is 0. The van der Waals surface area contributed by atoms with E-state index in [0.29, 0.717) is 16.5 Å². The smallest absolute Gasteiger partial charge is 0.0789 e. The van der Waals surface area contributed by atoms with E-state index in [2.05, 4.69) is 26.2 Å². The number of hydrogen-bond acceptors (Lipinski definition) is 3. The monoisotopic (exact) mass is 304 g/mol. The highest BCUT2D eigenvalue weighted by Gasteiger charge is 2.32. The topological polar surface area (TPSA) is 47.3 Å². The number of hydrogen-bond donors (Lipinski definition) is 2. The second-order valence-electron chi connectivity index (χ2n) is 5.70. The lowest BCUT2D eigenvalue weighted by Crippen LogP contribution is -2.51. The van der Waals surface area contributed by atoms with E-state index in [4.69, 9.17) is 33.8 Å². The van der Waals surface area contributed by atoms with Crippen LogP contribution in [0.1, 0.15) is 26.3 Å². The van der Waals surface area contributed by atoms with Gasteiger partial charge in [-0.2, -0.15) is 0 Å². The number of hydrazine groups is 1. The third-order valence-corrected chi connectivity index (χ3v) is 3.88. The minimum atomic E-state index is -0.0672. The molecule has 0 amide bonds. The van der Waals surface area contributed by atoms with Crippen molar-refractivity contribution in [2.24, 2.45) is 11.3 Å². The van der Waals surface area contributed by atoms with Crippen molar-refractivity contribution in [3.63, 3.8) is 0 Å². The normalized spacial score (nSPS) is 15.3. The van der Waals surface area contributed by atoms with Gasteiger partial charge >= 0.3 is 0 Å². The summed E-state index contributed by atoms with van der Waals surface area (Å²) >= 11 is 12.4. The second-order valence-corrected chi connectivity index (χ2v) is 6.51. The molecule has 0 spiro atoms. The molecule has 0 bridgehead atoms. The molecule has 0 aliphatic heterocycles. The van der Waals surface area contributed by atoms with Gasteiger partial charge in [0, 0.05) is 17.2 Å². The van der Waals surface area contributed by atoms with Crippen molar-refractivity contribution in [3.8, 4) is 0 Å². The van der Waals surface area contributed by atoms with Crippen LogP contribution in [0.15, 0.2) is 18.2 Å². The van der Waals surface area contributed by atoms with Gasteiger partial charge in [-0.15, -0.1) is 0 Å². The van der Waals surface area contributed by atoms with Crippen LogP contribution in [-0.2, 0) is 11.2 Å². The molecule has 0 aliphatic carbocycles. The van der Waals surface area contributed by atoms with Crippen molar-refractivity contribution in [1.29, 1.82) is 0 Å². The molecule has 2 atom stereocenters. The maximum absolute atomic E-state index is 6.20. The molecule has 0 heterocycles. The number of rotatable bonds is 5. The van der Waals surface area contributed by atoms with E-state index in [1.807, 2.05) is 18.2 Å². The quantitative estimate of drug-likeness (QED) is 0.647. The highest BCUT2D eigenvalue weighted by atomic mass is 35.5. The fraction of sp³-hybridized carbons (Fsp3) is 0.571. The van der Waals surface area contributed by atoms with Gasteiger partial charge in [-0.25, -0.2) is 0 Å². The van der Waals surface area contributed by atoms with Gasteiger partial charge in [0.15, 0.2) is 0 Å². The summed E-state index contributed by atoms with van der Waals surface area (Å²) in [5.74, 6) is 5.68. The predicted molar refractivity (Wildman–Crippen MR) is 81.5 cm³/mol. The lowest BCUT2D eigenvalue weighted by molar-refractivity contribution is -0.0110. The van der Waals surface area contributed by atoms with E-state index in [0.717, 1.165) is 5.56 Å². The van der Waals surface area contributed by atoms with E-state index in [9.17, 15) is 0 Å². The first kappa shape index (κ1) is 16.7. The van der Waals surface area contributed by atoms with E-state index in [-0.39, 0.29) is 17.6 Å². The van der Waals surface area contributed by atoms with Crippen LogP contribution in [0.25, 0.3) is 0 Å². The zero-order valence-electron chi connectivity index (χ0n) is 11.8. The van der Waals surface area contributed by atoms with Crippen LogP contribution in [0, 0.1) is 5.41 Å². The molecule has 19 heavy (non-hydrogen) atoms. The first-order valence-electron chi connectivity index (χ1n) is 6.23. The maximum atomic E-state index is 6.20. The third kappa shape index (κ3) is 4.33. The Kier molecular flexibility index (Phi) is 6.09. The minimum absolute atomic E-state index is 0.0421. The number of methoxy groups -OCH3 is 1. The van der Waals surface area contributed by atoms with E-state index < -0.39 is 0 Å². The maximum Gasteiger partial charge on any atom is 0.0789 e. The highest BCUT2D eigenvalue weighted by molar-refractivity contribution is 6.36. The average Bonchev–Trinajstić information content (AvgIpc) is 2.31. The van der Waals surface area contributed by atoms with Gasteiger partial charge in [-0.05, 0) is 29.5 Å². The molecule has 2 unspecified atom stereocenters. The van der Waals surface area contributed by atoms with Crippen LogP contribution in [-0.4, -0.2) is 19.3 Å². The van der Waals surface area contributed by atoms with Crippen LogP contribution in [0.3, 0.4) is 0 Å². The Balaban J connectivity index is 2.99. The van der Waals surface area contributed by atoms with Crippen molar-refractivity contribution in [1.82, 2.24) is 5.43 Å². The van der Waals surface area contributed by atoms with Crippen molar-refractivity contribution in [3.05, 3.63) is 33.8 Å². The molecule has 0 radical (unpaired) electrons. The standard InChI is InChI=1S/C14H22Cl2N2O/c1-14(2,3)13(19-4)12(18-17)8-9-10(15)6-5-7-11(9)16/h5-7,12-13,18H,8,17H2,1-4H3. The molecule has 5 heteroatoms. The Morgan fingerprint density at radius 1 is 1.26 bits per heavy atom. The SMILES string of the molecule is COC(C(Cc1c(Cl)cccc1Cl)NN)C(C)(C)C. The van der Waals surface area contributed by atoms with E-state index >= 15 is 0 Å². The van der Waals surface area contributed by atoms with Gasteiger partial charge in [0.25, 0.3) is 0 Å². The number of nitrogens with two attached hydrogens (primary N) is 1. The van der Waals surface area contributed by atoms with E-state index in [1.165, 1.54) is 0 Å². The van der Waals surface area contributed by atoms with Crippen LogP contribution < -0.4 is 11.3 Å². The zero-order valence-corrected chi connectivity index (χ0v) is 13.3. The summed E-state index contributed by atoms with van der Waals surface area (Å²) in [6, 6.07) is 5.42. The number of halogens is 2. The summed E-state index contributed by atoms with van der Waals surface area (Å²) in [5, 5.41) is 1.30. The van der Waals surface area contributed by atoms with E-state index in [1.54, 1.807) is 7.11 Å². The molecule has 1 aromatic carbocycles. The molecule has 0 aliphatic rings. The average molecular weight is 305 g/mol. The molecular formula is C14H22Cl2N2O. The third-order valence-electron chi connectivity index (χ3n) is 3.17. The molecule has 108 valence electrons. The van der Waals surface area contributed by atoms with Crippen molar-refractivity contribution < 1.29 is 4.74 Å². The van der Waals surface area contributed by atoms with Gasteiger partial charge in [0.2, 0.25) is 0 Å². The Morgan fingerprint density at radius 2 is 1.79 bits per heavy atom. The lowest BCUT2D eigenvalue weighted by atomic mass is 9.82. The fourth-order valence-corrected chi connectivity index (χ4v) is 2.87. The summed E-state index contributed by atoms with van der Waals surface area (Å²) in [6.45, 7) is 6.33. The van der Waals surface area contributed by atoms with Crippen LogP contribution in [0.4, 0.5) is 0 Å². The molecule has 3 nitrogen and oxygen atoms in total. The largest absolute Gasteiger partial charge is 0.379 e. The first-order valence-corrected chi connectivity index (χ1v) is 6.98. The Labute approximate surface area is 125 Å². The summed E-state index contributed by atoms with van der Waals surface area (Å²) in [7, 11) is 1.69. The minimum Gasteiger partial charge on any atom is -0.379 e.